The van der Waals surface area contributed by atoms with Gasteiger partial charge in [0.25, 0.3) is 0 Å². The fourth-order valence-corrected chi connectivity index (χ4v) is 2.41. The van der Waals surface area contributed by atoms with Gasteiger partial charge in [0.15, 0.2) is 0 Å². The third kappa shape index (κ3) is 4.16. The molecular weight excluding hydrogens is 242 g/mol. The van der Waals surface area contributed by atoms with E-state index in [1.54, 1.807) is 7.11 Å². The number of methoxy groups -OCH3 is 1. The second-order valence-corrected chi connectivity index (χ2v) is 5.22. The Kier molecular flexibility index (Phi) is 5.21. The van der Waals surface area contributed by atoms with E-state index in [1.807, 2.05) is 27.8 Å². The Balaban J connectivity index is 2.92. The van der Waals surface area contributed by atoms with Crippen molar-refractivity contribution in [3.05, 3.63) is 23.3 Å². The quantitative estimate of drug-likeness (QED) is 0.859. The van der Waals surface area contributed by atoms with Crippen LogP contribution < -0.4 is 9.64 Å². The molecule has 1 atom stereocenters. The van der Waals surface area contributed by atoms with Gasteiger partial charge in [0, 0.05) is 20.0 Å². The zero-order chi connectivity index (χ0) is 14.6. The maximum Gasteiger partial charge on any atom is 0.303 e. The van der Waals surface area contributed by atoms with Gasteiger partial charge in [0.05, 0.1) is 12.8 Å². The van der Waals surface area contributed by atoms with Crippen LogP contribution in [-0.4, -0.2) is 31.8 Å². The summed E-state index contributed by atoms with van der Waals surface area (Å²) in [5.74, 6) is 0.192. The average Bonchev–Trinajstić information content (AvgIpc) is 2.26. The molecule has 0 aromatic heterocycles. The van der Waals surface area contributed by atoms with Gasteiger partial charge in [-0.05, 0) is 37.0 Å². The van der Waals surface area contributed by atoms with Gasteiger partial charge in [0.2, 0.25) is 0 Å². The van der Waals surface area contributed by atoms with E-state index in [2.05, 4.69) is 17.0 Å². The van der Waals surface area contributed by atoms with Crippen LogP contribution in [0.4, 0.5) is 5.69 Å². The van der Waals surface area contributed by atoms with Crippen LogP contribution in [0.5, 0.6) is 5.75 Å². The maximum absolute atomic E-state index is 10.7. The van der Waals surface area contributed by atoms with E-state index in [0.29, 0.717) is 6.54 Å². The molecule has 4 nitrogen and oxygen atoms in total. The Morgan fingerprint density at radius 3 is 2.58 bits per heavy atom. The largest absolute Gasteiger partial charge is 0.494 e. The summed E-state index contributed by atoms with van der Waals surface area (Å²) in [4.78, 5) is 12.8. The number of hydrogen-bond donors (Lipinski definition) is 1. The molecule has 0 spiro atoms. The molecule has 1 aromatic rings. The van der Waals surface area contributed by atoms with E-state index < -0.39 is 5.97 Å². The minimum Gasteiger partial charge on any atom is -0.494 e. The number of carbonyl (C=O) groups is 1. The number of carboxylic acid groups (broad SMARTS) is 1. The van der Waals surface area contributed by atoms with Crippen LogP contribution in [0.25, 0.3) is 0 Å². The van der Waals surface area contributed by atoms with Gasteiger partial charge in [-0.1, -0.05) is 13.0 Å². The van der Waals surface area contributed by atoms with Crippen molar-refractivity contribution >= 4 is 11.7 Å². The summed E-state index contributed by atoms with van der Waals surface area (Å²) >= 11 is 0. The van der Waals surface area contributed by atoms with Crippen molar-refractivity contribution in [2.75, 3.05) is 25.6 Å². The van der Waals surface area contributed by atoms with Crippen molar-refractivity contribution in [2.45, 2.75) is 27.2 Å². The van der Waals surface area contributed by atoms with Crippen LogP contribution in [0, 0.1) is 19.8 Å². The minimum absolute atomic E-state index is 0.0908. The molecule has 0 aliphatic heterocycles. The first-order chi connectivity index (χ1) is 8.85. The smallest absolute Gasteiger partial charge is 0.303 e. The first kappa shape index (κ1) is 15.3. The van der Waals surface area contributed by atoms with E-state index in [9.17, 15) is 4.79 Å². The lowest BCUT2D eigenvalue weighted by Gasteiger charge is -2.26. The molecular formula is C15H23NO3. The molecule has 0 fully saturated rings. The number of aliphatic carboxylic acids is 1. The van der Waals surface area contributed by atoms with Gasteiger partial charge in [0.1, 0.15) is 5.75 Å². The van der Waals surface area contributed by atoms with Crippen LogP contribution in [0.2, 0.25) is 0 Å². The van der Waals surface area contributed by atoms with Gasteiger partial charge in [-0.15, -0.1) is 0 Å². The first-order valence-corrected chi connectivity index (χ1v) is 6.43. The Labute approximate surface area is 115 Å². The standard InChI is InChI=1S/C15H23NO3/c1-10-6-12(3)15(19-5)13(7-10)16(4)9-11(2)8-14(17)18/h6-7,11H,8-9H2,1-5H3,(H,17,18). The highest BCUT2D eigenvalue weighted by atomic mass is 16.5. The molecule has 19 heavy (non-hydrogen) atoms. The van der Waals surface area contributed by atoms with Crippen LogP contribution in [-0.2, 0) is 4.79 Å². The number of ether oxygens (including phenoxy) is 1. The second kappa shape index (κ2) is 6.45. The summed E-state index contributed by atoms with van der Waals surface area (Å²) in [7, 11) is 3.63. The van der Waals surface area contributed by atoms with Gasteiger partial charge in [-0.25, -0.2) is 0 Å². The van der Waals surface area contributed by atoms with Crippen LogP contribution in [0.15, 0.2) is 12.1 Å². The van der Waals surface area contributed by atoms with Gasteiger partial charge in [-0.2, -0.15) is 0 Å². The van der Waals surface area contributed by atoms with E-state index >= 15 is 0 Å². The zero-order valence-electron chi connectivity index (χ0n) is 12.4. The lowest BCUT2D eigenvalue weighted by atomic mass is 10.1. The Morgan fingerprint density at radius 1 is 1.42 bits per heavy atom. The Hall–Kier alpha value is -1.71. The molecule has 0 radical (unpaired) electrons. The normalized spacial score (nSPS) is 12.1. The Bertz CT molecular complexity index is 457. The fraction of sp³-hybridized carbons (Fsp3) is 0.533. The number of carboxylic acids is 1. The zero-order valence-corrected chi connectivity index (χ0v) is 12.4. The van der Waals surface area contributed by atoms with Crippen molar-refractivity contribution < 1.29 is 14.6 Å². The maximum atomic E-state index is 10.7. The third-order valence-electron chi connectivity index (χ3n) is 3.12. The molecule has 1 aromatic carbocycles. The monoisotopic (exact) mass is 265 g/mol. The highest BCUT2D eigenvalue weighted by Crippen LogP contribution is 2.32. The topological polar surface area (TPSA) is 49.8 Å². The Morgan fingerprint density at radius 2 is 2.05 bits per heavy atom. The van der Waals surface area contributed by atoms with Crippen LogP contribution in [0.1, 0.15) is 24.5 Å². The number of hydrogen-bond acceptors (Lipinski definition) is 3. The predicted molar refractivity (Wildman–Crippen MR) is 77.2 cm³/mol. The highest BCUT2D eigenvalue weighted by Gasteiger charge is 2.15. The molecule has 1 unspecified atom stereocenters. The molecule has 0 saturated carbocycles. The fourth-order valence-electron chi connectivity index (χ4n) is 2.41. The van der Waals surface area contributed by atoms with E-state index in [-0.39, 0.29) is 12.3 Å². The van der Waals surface area contributed by atoms with E-state index in [0.717, 1.165) is 17.0 Å². The van der Waals surface area contributed by atoms with Gasteiger partial charge >= 0.3 is 5.97 Å². The molecule has 0 aliphatic carbocycles. The second-order valence-electron chi connectivity index (χ2n) is 5.22. The number of rotatable bonds is 6. The molecule has 4 heteroatoms. The number of nitrogens with zero attached hydrogens (tertiary/aromatic N) is 1. The van der Waals surface area contributed by atoms with E-state index in [1.165, 1.54) is 5.56 Å². The molecule has 106 valence electrons. The molecule has 0 heterocycles. The predicted octanol–water partition coefficient (Wildman–Crippen LogP) is 2.86. The number of anilines is 1. The van der Waals surface area contributed by atoms with Crippen molar-refractivity contribution in [3.8, 4) is 5.75 Å². The first-order valence-electron chi connectivity index (χ1n) is 6.43. The van der Waals surface area contributed by atoms with Crippen molar-refractivity contribution in [1.82, 2.24) is 0 Å². The van der Waals surface area contributed by atoms with Crippen molar-refractivity contribution in [2.24, 2.45) is 5.92 Å². The summed E-state index contributed by atoms with van der Waals surface area (Å²) in [6, 6.07) is 4.15. The molecule has 1 N–H and O–H groups in total. The summed E-state index contributed by atoms with van der Waals surface area (Å²) < 4.78 is 5.46. The summed E-state index contributed by atoms with van der Waals surface area (Å²) in [5.41, 5.74) is 3.28. The third-order valence-corrected chi connectivity index (χ3v) is 3.12. The average molecular weight is 265 g/mol. The SMILES string of the molecule is COc1c(C)cc(C)cc1N(C)CC(C)CC(=O)O. The lowest BCUT2D eigenvalue weighted by molar-refractivity contribution is -0.137. The molecule has 0 saturated heterocycles. The van der Waals surface area contributed by atoms with Crippen LogP contribution >= 0.6 is 0 Å². The molecule has 1 rings (SSSR count). The van der Waals surface area contributed by atoms with E-state index in [4.69, 9.17) is 9.84 Å². The van der Waals surface area contributed by atoms with Crippen LogP contribution in [0.3, 0.4) is 0 Å². The van der Waals surface area contributed by atoms with Crippen molar-refractivity contribution in [1.29, 1.82) is 0 Å². The molecule has 0 aliphatic rings. The van der Waals surface area contributed by atoms with Gasteiger partial charge in [-0.3, -0.25) is 4.79 Å². The summed E-state index contributed by atoms with van der Waals surface area (Å²) in [6.45, 7) is 6.69. The summed E-state index contributed by atoms with van der Waals surface area (Å²) in [6.07, 6.45) is 0.178. The molecule has 0 amide bonds. The molecule has 0 bridgehead atoms. The van der Waals surface area contributed by atoms with Crippen molar-refractivity contribution in [3.63, 3.8) is 0 Å². The number of aryl methyl sites for hydroxylation is 2. The summed E-state index contributed by atoms with van der Waals surface area (Å²) in [5, 5.41) is 8.81. The number of benzene rings is 1. The lowest BCUT2D eigenvalue weighted by Crippen LogP contribution is -2.26. The minimum atomic E-state index is -0.756. The van der Waals surface area contributed by atoms with Gasteiger partial charge < -0.3 is 14.7 Å². The highest BCUT2D eigenvalue weighted by molar-refractivity contribution is 5.67.